The van der Waals surface area contributed by atoms with Gasteiger partial charge in [-0.2, -0.15) is 0 Å². The van der Waals surface area contributed by atoms with Crippen molar-refractivity contribution < 1.29 is 9.84 Å². The molecule has 2 N–H and O–H groups in total. The zero-order valence-electron chi connectivity index (χ0n) is 11.1. The zero-order chi connectivity index (χ0) is 13.7. The summed E-state index contributed by atoms with van der Waals surface area (Å²) in [5, 5.41) is 20.9. The Labute approximate surface area is 112 Å². The molecule has 0 amide bonds. The van der Waals surface area contributed by atoms with Crippen LogP contribution in [0, 0.1) is 0 Å². The third-order valence-corrected chi connectivity index (χ3v) is 2.94. The quantitative estimate of drug-likeness (QED) is 0.755. The Morgan fingerprint density at radius 2 is 2.26 bits per heavy atom. The van der Waals surface area contributed by atoms with Crippen molar-refractivity contribution in [2.45, 2.75) is 13.0 Å². The van der Waals surface area contributed by atoms with Gasteiger partial charge in [0.15, 0.2) is 0 Å². The minimum absolute atomic E-state index is 0.241. The maximum atomic E-state index is 9.80. The molecule has 102 valence electrons. The van der Waals surface area contributed by atoms with Crippen LogP contribution in [-0.4, -0.2) is 33.5 Å². The lowest BCUT2D eigenvalue weighted by Crippen LogP contribution is -2.18. The topological polar surface area (TPSA) is 72.2 Å². The molecule has 0 bridgehead atoms. The van der Waals surface area contributed by atoms with Gasteiger partial charge in [-0.3, -0.25) is 0 Å². The number of hydrogen-bond acceptors (Lipinski definition) is 5. The van der Waals surface area contributed by atoms with Crippen LogP contribution in [0.25, 0.3) is 0 Å². The fraction of sp³-hybridized carbons (Fsp3) is 0.385. The molecule has 0 aliphatic heterocycles. The normalized spacial score (nSPS) is 10.6. The number of aryl methyl sites for hydroxylation is 1. The maximum absolute atomic E-state index is 9.80. The van der Waals surface area contributed by atoms with Crippen molar-refractivity contribution >= 4 is 0 Å². The van der Waals surface area contributed by atoms with Crippen LogP contribution < -0.4 is 10.1 Å². The zero-order valence-corrected chi connectivity index (χ0v) is 11.1. The van der Waals surface area contributed by atoms with Crippen molar-refractivity contribution in [1.29, 1.82) is 0 Å². The van der Waals surface area contributed by atoms with Crippen molar-refractivity contribution in [2.24, 2.45) is 7.05 Å². The van der Waals surface area contributed by atoms with Crippen LogP contribution in [-0.2, 0) is 20.0 Å². The molecule has 0 aliphatic rings. The summed E-state index contributed by atoms with van der Waals surface area (Å²) in [5.74, 6) is 1.83. The van der Waals surface area contributed by atoms with E-state index in [1.807, 2.05) is 23.7 Å². The Kier molecular flexibility index (Phi) is 4.35. The molecule has 0 fully saturated rings. The van der Waals surface area contributed by atoms with Crippen molar-refractivity contribution in [3.05, 3.63) is 35.9 Å². The number of rotatable bonds is 6. The SMILES string of the molecule is COc1ccc(CNCCc2nncn2C)c(O)c1. The molecule has 2 aromatic rings. The largest absolute Gasteiger partial charge is 0.507 e. The summed E-state index contributed by atoms with van der Waals surface area (Å²) in [6.45, 7) is 1.38. The molecule has 0 saturated carbocycles. The van der Waals surface area contributed by atoms with E-state index in [4.69, 9.17) is 4.74 Å². The Balaban J connectivity index is 1.81. The molecule has 1 heterocycles. The molecule has 2 rings (SSSR count). The lowest BCUT2D eigenvalue weighted by molar-refractivity contribution is 0.406. The number of benzene rings is 1. The summed E-state index contributed by atoms with van der Waals surface area (Å²) in [6.07, 6.45) is 2.48. The van der Waals surface area contributed by atoms with Gasteiger partial charge in [0, 0.05) is 38.2 Å². The third kappa shape index (κ3) is 3.45. The van der Waals surface area contributed by atoms with Gasteiger partial charge in [0.05, 0.1) is 7.11 Å². The van der Waals surface area contributed by atoms with E-state index in [1.54, 1.807) is 19.5 Å². The highest BCUT2D eigenvalue weighted by Gasteiger charge is 2.04. The summed E-state index contributed by atoms with van der Waals surface area (Å²) >= 11 is 0. The number of aromatic hydroxyl groups is 1. The summed E-state index contributed by atoms with van der Waals surface area (Å²) in [5.41, 5.74) is 0.846. The molecule has 0 aliphatic carbocycles. The van der Waals surface area contributed by atoms with E-state index in [0.717, 1.165) is 24.4 Å². The number of nitrogens with zero attached hydrogens (tertiary/aromatic N) is 3. The van der Waals surface area contributed by atoms with E-state index in [0.29, 0.717) is 12.3 Å². The van der Waals surface area contributed by atoms with Gasteiger partial charge in [-0.1, -0.05) is 6.07 Å². The van der Waals surface area contributed by atoms with Gasteiger partial charge in [0.1, 0.15) is 23.7 Å². The third-order valence-electron chi connectivity index (χ3n) is 2.94. The lowest BCUT2D eigenvalue weighted by Gasteiger charge is -2.08. The minimum atomic E-state index is 0.241. The Hall–Kier alpha value is -2.08. The maximum Gasteiger partial charge on any atom is 0.133 e. The van der Waals surface area contributed by atoms with Crippen LogP contribution in [0.1, 0.15) is 11.4 Å². The van der Waals surface area contributed by atoms with E-state index in [1.165, 1.54) is 0 Å². The number of phenols is 1. The standard InChI is InChI=1S/C13H18N4O2/c1-17-9-15-16-13(17)5-6-14-8-10-3-4-11(19-2)7-12(10)18/h3-4,7,9,14,18H,5-6,8H2,1-2H3. The molecule has 0 atom stereocenters. The smallest absolute Gasteiger partial charge is 0.133 e. The highest BCUT2D eigenvalue weighted by molar-refractivity contribution is 5.39. The molecule has 0 unspecified atom stereocenters. The van der Waals surface area contributed by atoms with Gasteiger partial charge in [-0.25, -0.2) is 0 Å². The summed E-state index contributed by atoms with van der Waals surface area (Å²) in [6, 6.07) is 5.29. The highest BCUT2D eigenvalue weighted by Crippen LogP contribution is 2.22. The second-order valence-electron chi connectivity index (χ2n) is 4.28. The van der Waals surface area contributed by atoms with Crippen LogP contribution in [0.15, 0.2) is 24.5 Å². The molecular formula is C13H18N4O2. The second-order valence-corrected chi connectivity index (χ2v) is 4.28. The van der Waals surface area contributed by atoms with Crippen molar-refractivity contribution in [1.82, 2.24) is 20.1 Å². The van der Waals surface area contributed by atoms with Crippen LogP contribution in [0.5, 0.6) is 11.5 Å². The predicted octanol–water partition coefficient (Wildman–Crippen LogP) is 0.862. The molecule has 19 heavy (non-hydrogen) atoms. The van der Waals surface area contributed by atoms with Crippen LogP contribution in [0.2, 0.25) is 0 Å². The van der Waals surface area contributed by atoms with Crippen LogP contribution >= 0.6 is 0 Å². The number of nitrogens with one attached hydrogen (secondary N) is 1. The van der Waals surface area contributed by atoms with Crippen molar-refractivity contribution in [2.75, 3.05) is 13.7 Å². The van der Waals surface area contributed by atoms with Gasteiger partial charge in [-0.05, 0) is 6.07 Å². The van der Waals surface area contributed by atoms with E-state index in [2.05, 4.69) is 15.5 Å². The van der Waals surface area contributed by atoms with Crippen molar-refractivity contribution in [3.63, 3.8) is 0 Å². The first-order valence-corrected chi connectivity index (χ1v) is 6.10. The van der Waals surface area contributed by atoms with Gasteiger partial charge in [0.2, 0.25) is 0 Å². The fourth-order valence-electron chi connectivity index (χ4n) is 1.78. The molecule has 0 radical (unpaired) electrons. The number of ether oxygens (including phenoxy) is 1. The highest BCUT2D eigenvalue weighted by atomic mass is 16.5. The first-order valence-electron chi connectivity index (χ1n) is 6.10. The number of aromatic nitrogens is 3. The lowest BCUT2D eigenvalue weighted by atomic mass is 10.2. The van der Waals surface area contributed by atoms with Crippen molar-refractivity contribution in [3.8, 4) is 11.5 Å². The average molecular weight is 262 g/mol. The second kappa shape index (κ2) is 6.19. The Morgan fingerprint density at radius 1 is 1.42 bits per heavy atom. The molecule has 6 nitrogen and oxygen atoms in total. The number of hydrogen-bond donors (Lipinski definition) is 2. The molecular weight excluding hydrogens is 244 g/mol. The minimum Gasteiger partial charge on any atom is -0.507 e. The van der Waals surface area contributed by atoms with Gasteiger partial charge in [0.25, 0.3) is 0 Å². The number of methoxy groups -OCH3 is 1. The van der Waals surface area contributed by atoms with E-state index >= 15 is 0 Å². The molecule has 1 aromatic carbocycles. The van der Waals surface area contributed by atoms with Crippen LogP contribution in [0.4, 0.5) is 0 Å². The van der Waals surface area contributed by atoms with Crippen LogP contribution in [0.3, 0.4) is 0 Å². The van der Waals surface area contributed by atoms with E-state index in [9.17, 15) is 5.11 Å². The summed E-state index contributed by atoms with van der Waals surface area (Å²) < 4.78 is 6.93. The first-order chi connectivity index (χ1) is 9.20. The Morgan fingerprint density at radius 3 is 2.89 bits per heavy atom. The first kappa shape index (κ1) is 13.4. The molecule has 6 heteroatoms. The van der Waals surface area contributed by atoms with E-state index < -0.39 is 0 Å². The van der Waals surface area contributed by atoms with Gasteiger partial charge >= 0.3 is 0 Å². The number of phenolic OH excluding ortho intramolecular Hbond substituents is 1. The molecule has 0 saturated heterocycles. The fourth-order valence-corrected chi connectivity index (χ4v) is 1.78. The van der Waals surface area contributed by atoms with Gasteiger partial charge in [-0.15, -0.1) is 10.2 Å². The Bertz CT molecular complexity index is 539. The summed E-state index contributed by atoms with van der Waals surface area (Å²) in [7, 11) is 3.50. The predicted molar refractivity (Wildman–Crippen MR) is 71.1 cm³/mol. The van der Waals surface area contributed by atoms with Gasteiger partial charge < -0.3 is 19.7 Å². The molecule has 1 aromatic heterocycles. The van der Waals surface area contributed by atoms with E-state index in [-0.39, 0.29) is 5.75 Å². The monoisotopic (exact) mass is 262 g/mol. The molecule has 0 spiro atoms. The summed E-state index contributed by atoms with van der Waals surface area (Å²) in [4.78, 5) is 0. The average Bonchev–Trinajstić information content (AvgIpc) is 2.81.